The topological polar surface area (TPSA) is 86.9 Å². The first-order valence-electron chi connectivity index (χ1n) is 12.6. The molecule has 1 fully saturated rings. The monoisotopic (exact) mass is 490 g/mol. The number of urea groups is 1. The lowest BCUT2D eigenvalue weighted by Crippen LogP contribution is -2.53. The number of aromatic nitrogens is 1. The maximum Gasteiger partial charge on any atom is 0.328 e. The molecule has 3 amide bonds. The summed E-state index contributed by atoms with van der Waals surface area (Å²) >= 11 is 0. The van der Waals surface area contributed by atoms with Crippen molar-refractivity contribution in [3.8, 4) is 5.75 Å². The third kappa shape index (κ3) is 4.14. The van der Waals surface area contributed by atoms with Crippen molar-refractivity contribution in [3.63, 3.8) is 0 Å². The van der Waals surface area contributed by atoms with Gasteiger partial charge < -0.3 is 24.7 Å². The fraction of sp³-hybridized carbons (Fsp3) is 0.429. The van der Waals surface area contributed by atoms with E-state index in [2.05, 4.69) is 22.4 Å². The molecule has 8 heteroatoms. The van der Waals surface area contributed by atoms with E-state index in [1.807, 2.05) is 55.1 Å². The summed E-state index contributed by atoms with van der Waals surface area (Å²) in [5.74, 6) is 0.664. The van der Waals surface area contributed by atoms with Crippen molar-refractivity contribution >= 4 is 22.8 Å². The Kier molecular flexibility index (Phi) is 6.73. The summed E-state index contributed by atoms with van der Waals surface area (Å²) in [6.45, 7) is 6.57. The second-order valence-electron chi connectivity index (χ2n) is 9.67. The number of rotatable bonds is 10. The molecule has 8 nitrogen and oxygen atoms in total. The molecule has 36 heavy (non-hydrogen) atoms. The minimum absolute atomic E-state index is 0.139. The number of methoxy groups -OCH3 is 1. The van der Waals surface area contributed by atoms with Crippen molar-refractivity contribution < 1.29 is 19.1 Å². The summed E-state index contributed by atoms with van der Waals surface area (Å²) in [6.07, 6.45) is 1.08. The number of imide groups is 1. The predicted molar refractivity (Wildman–Crippen MR) is 138 cm³/mol. The summed E-state index contributed by atoms with van der Waals surface area (Å²) in [5, 5.41) is 4.29. The highest BCUT2D eigenvalue weighted by Gasteiger charge is 2.59. The molecule has 0 aliphatic carbocycles. The average molecular weight is 491 g/mol. The third-order valence-corrected chi connectivity index (χ3v) is 7.33. The lowest BCUT2D eigenvalue weighted by atomic mass is 9.81. The van der Waals surface area contributed by atoms with E-state index >= 15 is 0 Å². The fourth-order valence-electron chi connectivity index (χ4n) is 5.63. The van der Waals surface area contributed by atoms with Crippen LogP contribution < -0.4 is 10.1 Å². The van der Waals surface area contributed by atoms with Gasteiger partial charge in [0.2, 0.25) is 0 Å². The van der Waals surface area contributed by atoms with Crippen molar-refractivity contribution in [2.24, 2.45) is 0 Å². The van der Waals surface area contributed by atoms with Crippen molar-refractivity contribution in [2.75, 3.05) is 40.0 Å². The Morgan fingerprint density at radius 2 is 1.94 bits per heavy atom. The molecule has 0 bridgehead atoms. The molecule has 1 saturated heterocycles. The Morgan fingerprint density at radius 1 is 1.14 bits per heavy atom. The number of ether oxygens (including phenoxy) is 2. The number of nitrogens with one attached hydrogen (secondary N) is 2. The van der Waals surface area contributed by atoms with E-state index in [0.29, 0.717) is 45.7 Å². The Morgan fingerprint density at radius 3 is 2.69 bits per heavy atom. The van der Waals surface area contributed by atoms with Crippen LogP contribution in [0.25, 0.3) is 10.9 Å². The molecule has 2 N–H and O–H groups in total. The standard InChI is InChI=1S/C28H34N4O4/c1-4-36-20-10-11-23-21(17-20)22-18-28(2)26(33)31(14-12-29-13-15-35-3)27(34)32(28)24(25(22)30-23)16-19-8-6-5-7-9-19/h5-11,17,24,29-30H,4,12-16,18H2,1-3H3/t24?,28-/m0/s1. The number of hydrogen-bond donors (Lipinski definition) is 2. The van der Waals surface area contributed by atoms with Crippen molar-refractivity contribution in [2.45, 2.75) is 38.3 Å². The van der Waals surface area contributed by atoms with Crippen LogP contribution in [0.5, 0.6) is 5.75 Å². The van der Waals surface area contributed by atoms with Crippen LogP contribution in [0.4, 0.5) is 4.79 Å². The van der Waals surface area contributed by atoms with E-state index in [1.54, 1.807) is 7.11 Å². The van der Waals surface area contributed by atoms with Crippen molar-refractivity contribution in [1.29, 1.82) is 0 Å². The summed E-state index contributed by atoms with van der Waals surface area (Å²) < 4.78 is 10.8. The van der Waals surface area contributed by atoms with Crippen molar-refractivity contribution in [1.82, 2.24) is 20.1 Å². The zero-order valence-electron chi connectivity index (χ0n) is 21.2. The first-order valence-corrected chi connectivity index (χ1v) is 12.6. The number of aromatic amines is 1. The number of hydrogen-bond acceptors (Lipinski definition) is 5. The fourth-order valence-corrected chi connectivity index (χ4v) is 5.63. The molecular formula is C28H34N4O4. The van der Waals surface area contributed by atoms with Gasteiger partial charge in [-0.3, -0.25) is 9.69 Å². The van der Waals surface area contributed by atoms with E-state index in [-0.39, 0.29) is 18.0 Å². The Hall–Kier alpha value is -3.36. The van der Waals surface area contributed by atoms with Crippen LogP contribution in [-0.4, -0.2) is 72.2 Å². The second-order valence-corrected chi connectivity index (χ2v) is 9.67. The Balaban J connectivity index is 1.54. The van der Waals surface area contributed by atoms with E-state index in [1.165, 1.54) is 4.90 Å². The zero-order valence-corrected chi connectivity index (χ0v) is 21.2. The van der Waals surface area contributed by atoms with Gasteiger partial charge in [-0.15, -0.1) is 0 Å². The van der Waals surface area contributed by atoms with Crippen LogP contribution in [0, 0.1) is 0 Å². The number of H-pyrrole nitrogens is 1. The molecule has 2 aliphatic heterocycles. The molecule has 5 rings (SSSR count). The highest BCUT2D eigenvalue weighted by atomic mass is 16.5. The largest absolute Gasteiger partial charge is 0.494 e. The van der Waals surface area contributed by atoms with E-state index in [9.17, 15) is 9.59 Å². The maximum absolute atomic E-state index is 13.8. The third-order valence-electron chi connectivity index (χ3n) is 7.33. The summed E-state index contributed by atoms with van der Waals surface area (Å²) in [5.41, 5.74) is 3.25. The van der Waals surface area contributed by atoms with Crippen molar-refractivity contribution in [3.05, 3.63) is 65.4 Å². The normalized spacial score (nSPS) is 21.2. The number of amides is 3. The highest BCUT2D eigenvalue weighted by Crippen LogP contribution is 2.47. The lowest BCUT2D eigenvalue weighted by molar-refractivity contribution is -0.133. The first kappa shape index (κ1) is 24.3. The molecule has 2 aromatic carbocycles. The van der Waals surface area contributed by atoms with Crippen LogP contribution in [0.3, 0.4) is 0 Å². The van der Waals surface area contributed by atoms with Crippen LogP contribution in [-0.2, 0) is 22.4 Å². The molecular weight excluding hydrogens is 456 g/mol. The molecule has 0 radical (unpaired) electrons. The molecule has 1 aromatic heterocycles. The lowest BCUT2D eigenvalue weighted by Gasteiger charge is -2.42. The average Bonchev–Trinajstić information content (AvgIpc) is 3.32. The van der Waals surface area contributed by atoms with E-state index in [0.717, 1.165) is 33.5 Å². The molecule has 0 spiro atoms. The summed E-state index contributed by atoms with van der Waals surface area (Å²) in [6, 6.07) is 15.7. The number of carbonyl (C=O) groups is 2. The molecule has 3 heterocycles. The van der Waals surface area contributed by atoms with Gasteiger partial charge in [0.25, 0.3) is 5.91 Å². The molecule has 2 aliphatic rings. The number of fused-ring (bicyclic) bond motifs is 4. The van der Waals surface area contributed by atoms with Gasteiger partial charge >= 0.3 is 6.03 Å². The number of benzene rings is 2. The molecule has 3 aromatic rings. The van der Waals surface area contributed by atoms with Gasteiger partial charge in [-0.05, 0) is 49.6 Å². The van der Waals surface area contributed by atoms with Gasteiger partial charge in [0, 0.05) is 49.8 Å². The minimum atomic E-state index is -0.952. The quantitative estimate of drug-likeness (QED) is 0.335. The Bertz CT molecular complexity index is 1260. The van der Waals surface area contributed by atoms with Gasteiger partial charge in [0.05, 0.1) is 19.3 Å². The molecule has 2 atom stereocenters. The van der Waals surface area contributed by atoms with E-state index < -0.39 is 5.54 Å². The van der Waals surface area contributed by atoms with Gasteiger partial charge in [0.15, 0.2) is 0 Å². The van der Waals surface area contributed by atoms with Crippen LogP contribution in [0.1, 0.15) is 36.7 Å². The molecule has 0 saturated carbocycles. The Labute approximate surface area is 211 Å². The van der Waals surface area contributed by atoms with Gasteiger partial charge in [-0.2, -0.15) is 0 Å². The van der Waals surface area contributed by atoms with E-state index in [4.69, 9.17) is 9.47 Å². The van der Waals surface area contributed by atoms with Gasteiger partial charge in [-0.1, -0.05) is 30.3 Å². The summed E-state index contributed by atoms with van der Waals surface area (Å²) in [7, 11) is 1.65. The molecule has 190 valence electrons. The predicted octanol–water partition coefficient (Wildman–Crippen LogP) is 3.67. The maximum atomic E-state index is 13.8. The highest BCUT2D eigenvalue weighted by molar-refractivity contribution is 6.08. The smallest absolute Gasteiger partial charge is 0.328 e. The minimum Gasteiger partial charge on any atom is -0.494 e. The molecule has 1 unspecified atom stereocenters. The number of carbonyl (C=O) groups excluding carboxylic acids is 2. The SMILES string of the molecule is CCOc1ccc2[nH]c3c(c2c1)C[C@@]1(C)C(=O)N(CCNCCOC)C(=O)N1C3Cc1ccccc1. The van der Waals surface area contributed by atoms with Gasteiger partial charge in [0.1, 0.15) is 11.3 Å². The second kappa shape index (κ2) is 9.95. The van der Waals surface area contributed by atoms with Crippen LogP contribution in [0.15, 0.2) is 48.5 Å². The van der Waals surface area contributed by atoms with Crippen LogP contribution in [0.2, 0.25) is 0 Å². The van der Waals surface area contributed by atoms with Gasteiger partial charge in [-0.25, -0.2) is 4.79 Å². The number of nitrogens with zero attached hydrogens (tertiary/aromatic N) is 2. The first-order chi connectivity index (χ1) is 17.5. The summed E-state index contributed by atoms with van der Waals surface area (Å²) in [4.78, 5) is 34.4. The zero-order chi connectivity index (χ0) is 25.3. The van der Waals surface area contributed by atoms with Crippen LogP contribution >= 0.6 is 0 Å².